The van der Waals surface area contributed by atoms with Gasteiger partial charge in [-0.05, 0) is 63.4 Å². The Kier molecular flexibility index (Phi) is 5.23. The average molecular weight is 262 g/mol. The van der Waals surface area contributed by atoms with Crippen molar-refractivity contribution in [3.63, 3.8) is 0 Å². The zero-order valence-electron chi connectivity index (χ0n) is 12.2. The molecule has 1 saturated heterocycles. The van der Waals surface area contributed by atoms with Crippen LogP contribution in [0.25, 0.3) is 0 Å². The third-order valence-corrected chi connectivity index (χ3v) is 3.80. The highest BCUT2D eigenvalue weighted by atomic mass is 16.5. The average Bonchev–Trinajstić information content (AvgIpc) is 2.89. The van der Waals surface area contributed by atoms with Gasteiger partial charge in [-0.25, -0.2) is 0 Å². The molecule has 1 heterocycles. The van der Waals surface area contributed by atoms with Gasteiger partial charge in [0.05, 0.1) is 6.61 Å². The Balaban J connectivity index is 1.76. The number of ether oxygens (including phenoxy) is 1. The minimum atomic E-state index is 0.0860. The van der Waals surface area contributed by atoms with Crippen molar-refractivity contribution in [2.24, 2.45) is 5.73 Å². The molecular weight excluding hydrogens is 236 g/mol. The van der Waals surface area contributed by atoms with Gasteiger partial charge in [0, 0.05) is 12.6 Å². The van der Waals surface area contributed by atoms with Gasteiger partial charge < -0.3 is 15.4 Å². The lowest BCUT2D eigenvalue weighted by Crippen LogP contribution is -2.22. The molecule has 0 aromatic heterocycles. The molecule has 106 valence electrons. The Morgan fingerprint density at radius 1 is 1.32 bits per heavy atom. The van der Waals surface area contributed by atoms with E-state index < -0.39 is 0 Å². The Hall–Kier alpha value is -1.06. The summed E-state index contributed by atoms with van der Waals surface area (Å²) in [6.07, 6.45) is 3.83. The molecule has 3 nitrogen and oxygen atoms in total. The van der Waals surface area contributed by atoms with Gasteiger partial charge in [0.15, 0.2) is 0 Å². The predicted molar refractivity (Wildman–Crippen MR) is 79.6 cm³/mol. The number of aryl methyl sites for hydroxylation is 1. The maximum Gasteiger partial charge on any atom is 0.122 e. The molecule has 1 aliphatic rings. The van der Waals surface area contributed by atoms with E-state index in [2.05, 4.69) is 24.0 Å². The zero-order chi connectivity index (χ0) is 13.7. The van der Waals surface area contributed by atoms with Crippen LogP contribution in [0.5, 0.6) is 5.75 Å². The molecule has 0 bridgehead atoms. The van der Waals surface area contributed by atoms with E-state index in [1.54, 1.807) is 0 Å². The number of likely N-dealkylation sites (tertiary alicyclic amines) is 1. The molecule has 2 rings (SSSR count). The van der Waals surface area contributed by atoms with Crippen molar-refractivity contribution in [1.29, 1.82) is 0 Å². The maximum absolute atomic E-state index is 5.88. The van der Waals surface area contributed by atoms with E-state index in [1.165, 1.54) is 37.1 Å². The van der Waals surface area contributed by atoms with Gasteiger partial charge in [-0.15, -0.1) is 0 Å². The van der Waals surface area contributed by atoms with Crippen molar-refractivity contribution in [2.75, 3.05) is 26.2 Å². The van der Waals surface area contributed by atoms with Crippen molar-refractivity contribution in [3.8, 4) is 5.75 Å². The molecule has 3 heteroatoms. The lowest BCUT2D eigenvalue weighted by Gasteiger charge is -2.15. The van der Waals surface area contributed by atoms with Crippen molar-refractivity contribution in [2.45, 2.75) is 39.2 Å². The molecule has 0 spiro atoms. The normalized spacial score (nSPS) is 17.6. The Morgan fingerprint density at radius 2 is 2.05 bits per heavy atom. The van der Waals surface area contributed by atoms with Gasteiger partial charge in [0.1, 0.15) is 5.75 Å². The largest absolute Gasteiger partial charge is 0.493 e. The second kappa shape index (κ2) is 6.92. The Morgan fingerprint density at radius 3 is 2.68 bits per heavy atom. The minimum Gasteiger partial charge on any atom is -0.493 e. The molecule has 2 N–H and O–H groups in total. The molecular formula is C16H26N2O. The van der Waals surface area contributed by atoms with Crippen LogP contribution in [-0.4, -0.2) is 31.1 Å². The van der Waals surface area contributed by atoms with Crippen molar-refractivity contribution in [1.82, 2.24) is 4.90 Å². The molecule has 1 aromatic carbocycles. The van der Waals surface area contributed by atoms with E-state index in [1.807, 2.05) is 13.0 Å². The minimum absolute atomic E-state index is 0.0860. The summed E-state index contributed by atoms with van der Waals surface area (Å²) in [6.45, 7) is 8.59. The highest BCUT2D eigenvalue weighted by Crippen LogP contribution is 2.22. The van der Waals surface area contributed by atoms with Crippen molar-refractivity contribution in [3.05, 3.63) is 29.3 Å². The lowest BCUT2D eigenvalue weighted by atomic mass is 10.1. The Labute approximate surface area is 116 Å². The van der Waals surface area contributed by atoms with Crippen LogP contribution >= 0.6 is 0 Å². The first-order valence-electron chi connectivity index (χ1n) is 7.38. The van der Waals surface area contributed by atoms with Crippen LogP contribution in [0.2, 0.25) is 0 Å². The van der Waals surface area contributed by atoms with Gasteiger partial charge in [0.2, 0.25) is 0 Å². The molecule has 0 unspecified atom stereocenters. The molecule has 1 aliphatic heterocycles. The third kappa shape index (κ3) is 4.22. The number of nitrogens with two attached hydrogens (primary N) is 1. The monoisotopic (exact) mass is 262 g/mol. The first-order chi connectivity index (χ1) is 9.16. The summed E-state index contributed by atoms with van der Waals surface area (Å²) in [7, 11) is 0. The summed E-state index contributed by atoms with van der Waals surface area (Å²) in [5.74, 6) is 0.992. The van der Waals surface area contributed by atoms with Gasteiger partial charge in [-0.1, -0.05) is 12.1 Å². The smallest absolute Gasteiger partial charge is 0.122 e. The van der Waals surface area contributed by atoms with Crippen LogP contribution in [0.15, 0.2) is 18.2 Å². The summed E-state index contributed by atoms with van der Waals surface area (Å²) >= 11 is 0. The molecule has 0 aliphatic carbocycles. The summed E-state index contributed by atoms with van der Waals surface area (Å²) in [5, 5.41) is 0. The zero-order valence-corrected chi connectivity index (χ0v) is 12.2. The molecule has 1 aromatic rings. The van der Waals surface area contributed by atoms with Crippen LogP contribution in [0.3, 0.4) is 0 Å². The highest BCUT2D eigenvalue weighted by molar-refractivity contribution is 5.37. The van der Waals surface area contributed by atoms with Crippen LogP contribution in [0, 0.1) is 6.92 Å². The van der Waals surface area contributed by atoms with E-state index >= 15 is 0 Å². The first kappa shape index (κ1) is 14.4. The van der Waals surface area contributed by atoms with E-state index in [4.69, 9.17) is 10.5 Å². The van der Waals surface area contributed by atoms with E-state index in [-0.39, 0.29) is 6.04 Å². The van der Waals surface area contributed by atoms with Crippen molar-refractivity contribution >= 4 is 0 Å². The van der Waals surface area contributed by atoms with E-state index in [0.29, 0.717) is 0 Å². The number of hydrogen-bond acceptors (Lipinski definition) is 3. The number of benzene rings is 1. The Bertz CT molecular complexity index is 398. The highest BCUT2D eigenvalue weighted by Gasteiger charge is 2.10. The standard InChI is InChI=1S/C16H26N2O/c1-13-12-15(14(2)17)6-7-16(13)19-11-5-10-18-8-3-4-9-18/h6-7,12,14H,3-5,8-11,17H2,1-2H3/t14-/m0/s1. The third-order valence-electron chi connectivity index (χ3n) is 3.80. The van der Waals surface area contributed by atoms with Gasteiger partial charge >= 0.3 is 0 Å². The SMILES string of the molecule is Cc1cc([C@H](C)N)ccc1OCCCN1CCCC1. The van der Waals surface area contributed by atoms with Crippen LogP contribution < -0.4 is 10.5 Å². The van der Waals surface area contributed by atoms with Crippen LogP contribution in [-0.2, 0) is 0 Å². The fourth-order valence-electron chi connectivity index (χ4n) is 2.59. The summed E-state index contributed by atoms with van der Waals surface area (Å²) < 4.78 is 5.86. The quantitative estimate of drug-likeness (QED) is 0.801. The molecule has 1 atom stereocenters. The first-order valence-corrected chi connectivity index (χ1v) is 7.38. The lowest BCUT2D eigenvalue weighted by molar-refractivity contribution is 0.262. The fourth-order valence-corrected chi connectivity index (χ4v) is 2.59. The summed E-state index contributed by atoms with van der Waals surface area (Å²) in [6, 6.07) is 6.32. The van der Waals surface area contributed by atoms with Gasteiger partial charge in [-0.3, -0.25) is 0 Å². The second-order valence-corrected chi connectivity index (χ2v) is 5.56. The van der Waals surface area contributed by atoms with E-state index in [0.717, 1.165) is 25.3 Å². The van der Waals surface area contributed by atoms with Crippen molar-refractivity contribution < 1.29 is 4.74 Å². The van der Waals surface area contributed by atoms with E-state index in [9.17, 15) is 0 Å². The molecule has 0 amide bonds. The topological polar surface area (TPSA) is 38.5 Å². The second-order valence-electron chi connectivity index (χ2n) is 5.56. The molecule has 1 fully saturated rings. The van der Waals surface area contributed by atoms with Crippen LogP contribution in [0.1, 0.15) is 43.4 Å². The van der Waals surface area contributed by atoms with Crippen LogP contribution in [0.4, 0.5) is 0 Å². The number of nitrogens with zero attached hydrogens (tertiary/aromatic N) is 1. The molecule has 19 heavy (non-hydrogen) atoms. The molecule has 0 saturated carbocycles. The summed E-state index contributed by atoms with van der Waals surface area (Å²) in [4.78, 5) is 2.52. The maximum atomic E-state index is 5.88. The van der Waals surface area contributed by atoms with Gasteiger partial charge in [0.25, 0.3) is 0 Å². The predicted octanol–water partition coefficient (Wildman–Crippen LogP) is 2.88. The molecule has 0 radical (unpaired) electrons. The fraction of sp³-hybridized carbons (Fsp3) is 0.625. The summed E-state index contributed by atoms with van der Waals surface area (Å²) in [5.41, 5.74) is 8.22. The number of hydrogen-bond donors (Lipinski definition) is 1. The van der Waals surface area contributed by atoms with Gasteiger partial charge in [-0.2, -0.15) is 0 Å². The number of rotatable bonds is 6.